The van der Waals surface area contributed by atoms with Gasteiger partial charge in [0.2, 0.25) is 0 Å². The van der Waals surface area contributed by atoms with Crippen LogP contribution in [-0.4, -0.2) is 9.78 Å². The van der Waals surface area contributed by atoms with Gasteiger partial charge in [0.25, 0.3) is 0 Å². The first-order valence-electron chi connectivity index (χ1n) is 4.36. The van der Waals surface area contributed by atoms with Crippen LogP contribution in [0, 0.1) is 5.92 Å². The Labute approximate surface area is 76.0 Å². The number of nitrogens with zero attached hydrogens (tertiary/aromatic N) is 5. The number of aromatic nitrogens is 2. The van der Waals surface area contributed by atoms with Crippen molar-refractivity contribution in [2.75, 3.05) is 0 Å². The molecule has 0 saturated carbocycles. The lowest BCUT2D eigenvalue weighted by Gasteiger charge is -1.96. The fourth-order valence-electron chi connectivity index (χ4n) is 1.74. The first kappa shape index (κ1) is 8.13. The maximum Gasteiger partial charge on any atom is 0.0702 e. The Hall–Kier alpha value is -1.48. The Morgan fingerprint density at radius 1 is 1.85 bits per heavy atom. The van der Waals surface area contributed by atoms with Crippen molar-refractivity contribution in [2.24, 2.45) is 11.0 Å². The molecule has 5 heteroatoms. The molecule has 0 bridgehead atoms. The summed E-state index contributed by atoms with van der Waals surface area (Å²) in [5.74, 6) is 0.691. The van der Waals surface area contributed by atoms with E-state index in [1.807, 2.05) is 10.7 Å². The van der Waals surface area contributed by atoms with Crippen LogP contribution in [0.4, 0.5) is 0 Å². The van der Waals surface area contributed by atoms with Crippen molar-refractivity contribution in [3.8, 4) is 0 Å². The summed E-state index contributed by atoms with van der Waals surface area (Å²) in [7, 11) is 0. The molecule has 1 aliphatic rings. The molecule has 13 heavy (non-hydrogen) atoms. The van der Waals surface area contributed by atoms with Gasteiger partial charge in [-0.15, -0.1) is 0 Å². The number of hydrogen-bond acceptors (Lipinski definition) is 2. The van der Waals surface area contributed by atoms with E-state index in [0.717, 1.165) is 18.7 Å². The van der Waals surface area contributed by atoms with Crippen LogP contribution in [0.3, 0.4) is 0 Å². The number of rotatable bonds is 2. The van der Waals surface area contributed by atoms with E-state index >= 15 is 0 Å². The average Bonchev–Trinajstić information content (AvgIpc) is 2.57. The maximum atomic E-state index is 8.14. The summed E-state index contributed by atoms with van der Waals surface area (Å²) in [6.07, 6.45) is 1.09. The Morgan fingerprint density at radius 3 is 3.38 bits per heavy atom. The predicted molar refractivity (Wildman–Crippen MR) is 47.9 cm³/mol. The first-order valence-corrected chi connectivity index (χ1v) is 4.36. The van der Waals surface area contributed by atoms with Crippen LogP contribution in [0.2, 0.25) is 0 Å². The summed E-state index contributed by atoms with van der Waals surface area (Å²) in [6.45, 7) is 3.57. The summed E-state index contributed by atoms with van der Waals surface area (Å²) in [6, 6.07) is 2.03. The van der Waals surface area contributed by atoms with Crippen molar-refractivity contribution < 1.29 is 0 Å². The molecule has 1 unspecified atom stereocenters. The highest BCUT2D eigenvalue weighted by Gasteiger charge is 2.19. The largest absolute Gasteiger partial charge is 0.269 e. The summed E-state index contributed by atoms with van der Waals surface area (Å²) >= 11 is 0. The molecule has 0 radical (unpaired) electrons. The van der Waals surface area contributed by atoms with Crippen LogP contribution in [0.25, 0.3) is 10.4 Å². The molecule has 2 heterocycles. The fourth-order valence-corrected chi connectivity index (χ4v) is 1.74. The minimum absolute atomic E-state index is 0.366. The van der Waals surface area contributed by atoms with Gasteiger partial charge in [-0.25, -0.2) is 0 Å². The number of fused-ring (bicyclic) bond motifs is 1. The topological polar surface area (TPSA) is 66.6 Å². The van der Waals surface area contributed by atoms with E-state index in [2.05, 4.69) is 22.0 Å². The molecule has 2 rings (SSSR count). The standard InChI is InChI=1S/C8H11N5/c1-6-2-8-3-7(4-10-12-9)11-13(8)5-6/h3,6H,2,4-5H2,1H3. The third-order valence-corrected chi connectivity index (χ3v) is 2.25. The van der Waals surface area contributed by atoms with Crippen LogP contribution in [0.5, 0.6) is 0 Å². The lowest BCUT2D eigenvalue weighted by Crippen LogP contribution is -2.00. The van der Waals surface area contributed by atoms with Crippen molar-refractivity contribution in [1.29, 1.82) is 0 Å². The second kappa shape index (κ2) is 3.11. The van der Waals surface area contributed by atoms with Gasteiger partial charge in [0.05, 0.1) is 12.2 Å². The molecule has 1 atom stereocenters. The molecule has 1 aromatic heterocycles. The zero-order valence-corrected chi connectivity index (χ0v) is 7.51. The lowest BCUT2D eigenvalue weighted by molar-refractivity contribution is 0.524. The zero-order valence-electron chi connectivity index (χ0n) is 7.51. The van der Waals surface area contributed by atoms with Crippen molar-refractivity contribution in [2.45, 2.75) is 26.4 Å². The molecule has 0 saturated heterocycles. The van der Waals surface area contributed by atoms with Crippen molar-refractivity contribution >= 4 is 0 Å². The van der Waals surface area contributed by atoms with E-state index in [4.69, 9.17) is 5.53 Å². The molecular weight excluding hydrogens is 166 g/mol. The van der Waals surface area contributed by atoms with Crippen molar-refractivity contribution in [3.05, 3.63) is 27.9 Å². The second-order valence-corrected chi connectivity index (χ2v) is 3.51. The van der Waals surface area contributed by atoms with E-state index in [1.165, 1.54) is 5.69 Å². The SMILES string of the molecule is CC1Cc2cc(CN=[N+]=[N-])nn2C1. The summed E-state index contributed by atoms with van der Waals surface area (Å²) in [5, 5.41) is 7.81. The quantitative estimate of drug-likeness (QED) is 0.386. The molecule has 1 aromatic rings. The molecular formula is C8H11N5. The van der Waals surface area contributed by atoms with Gasteiger partial charge in [-0.05, 0) is 23.9 Å². The van der Waals surface area contributed by atoms with Gasteiger partial charge in [0.1, 0.15) is 0 Å². The van der Waals surface area contributed by atoms with Gasteiger partial charge in [-0.1, -0.05) is 12.0 Å². The van der Waals surface area contributed by atoms with E-state index in [1.54, 1.807) is 0 Å². The highest BCUT2D eigenvalue weighted by molar-refractivity contribution is 5.13. The molecule has 5 nitrogen and oxygen atoms in total. The lowest BCUT2D eigenvalue weighted by atomic mass is 10.1. The Morgan fingerprint density at radius 2 is 2.69 bits per heavy atom. The van der Waals surface area contributed by atoms with Gasteiger partial charge < -0.3 is 0 Å². The highest BCUT2D eigenvalue weighted by atomic mass is 15.3. The van der Waals surface area contributed by atoms with Crippen LogP contribution in [-0.2, 0) is 19.5 Å². The summed E-state index contributed by atoms with van der Waals surface area (Å²) in [5.41, 5.74) is 10.3. The molecule has 0 spiro atoms. The highest BCUT2D eigenvalue weighted by Crippen LogP contribution is 2.20. The molecule has 0 amide bonds. The zero-order chi connectivity index (χ0) is 9.26. The van der Waals surface area contributed by atoms with Gasteiger partial charge in [-0.3, -0.25) is 4.68 Å². The van der Waals surface area contributed by atoms with Gasteiger partial charge in [0.15, 0.2) is 0 Å². The predicted octanol–water partition coefficient (Wildman–Crippen LogP) is 1.89. The molecule has 0 aliphatic carbocycles. The minimum atomic E-state index is 0.366. The van der Waals surface area contributed by atoms with Gasteiger partial charge in [-0.2, -0.15) is 5.10 Å². The molecule has 68 valence electrons. The maximum absolute atomic E-state index is 8.14. The van der Waals surface area contributed by atoms with Gasteiger partial charge >= 0.3 is 0 Å². The third-order valence-electron chi connectivity index (χ3n) is 2.25. The van der Waals surface area contributed by atoms with E-state index in [-0.39, 0.29) is 0 Å². The molecule has 0 aromatic carbocycles. The van der Waals surface area contributed by atoms with Crippen molar-refractivity contribution in [1.82, 2.24) is 9.78 Å². The molecule has 1 aliphatic heterocycles. The van der Waals surface area contributed by atoms with Crippen LogP contribution in [0.15, 0.2) is 11.2 Å². The normalized spacial score (nSPS) is 19.6. The number of azide groups is 1. The second-order valence-electron chi connectivity index (χ2n) is 3.51. The molecule has 0 N–H and O–H groups in total. The number of hydrogen-bond donors (Lipinski definition) is 0. The van der Waals surface area contributed by atoms with E-state index in [0.29, 0.717) is 12.5 Å². The van der Waals surface area contributed by atoms with Gasteiger partial charge in [0, 0.05) is 17.2 Å². The monoisotopic (exact) mass is 177 g/mol. The Kier molecular flexibility index (Phi) is 1.94. The first-order chi connectivity index (χ1) is 6.29. The Balaban J connectivity index is 2.16. The Bertz CT molecular complexity index is 337. The van der Waals surface area contributed by atoms with Crippen LogP contribution < -0.4 is 0 Å². The average molecular weight is 177 g/mol. The van der Waals surface area contributed by atoms with Crippen molar-refractivity contribution in [3.63, 3.8) is 0 Å². The van der Waals surface area contributed by atoms with E-state index < -0.39 is 0 Å². The van der Waals surface area contributed by atoms with Crippen LogP contribution >= 0.6 is 0 Å². The third kappa shape index (κ3) is 1.51. The smallest absolute Gasteiger partial charge is 0.0702 e. The summed E-state index contributed by atoms with van der Waals surface area (Å²) < 4.78 is 2.01. The van der Waals surface area contributed by atoms with Crippen LogP contribution in [0.1, 0.15) is 18.3 Å². The summed E-state index contributed by atoms with van der Waals surface area (Å²) in [4.78, 5) is 2.70. The molecule has 0 fully saturated rings. The minimum Gasteiger partial charge on any atom is -0.269 e. The fraction of sp³-hybridized carbons (Fsp3) is 0.625. The van der Waals surface area contributed by atoms with E-state index in [9.17, 15) is 0 Å².